The van der Waals surface area contributed by atoms with E-state index in [4.69, 9.17) is 5.11 Å². The lowest BCUT2D eigenvalue weighted by molar-refractivity contribution is 0.281. The van der Waals surface area contributed by atoms with Crippen LogP contribution >= 0.6 is 15.9 Å². The van der Waals surface area contributed by atoms with Crippen LogP contribution in [-0.2, 0) is 30.1 Å². The zero-order valence-electron chi connectivity index (χ0n) is 11.5. The van der Waals surface area contributed by atoms with E-state index in [0.29, 0.717) is 16.5 Å². The fraction of sp³-hybridized carbons (Fsp3) is 0.308. The quantitative estimate of drug-likeness (QED) is 0.796. The Hall–Kier alpha value is -1.22. The molecule has 0 fully saturated rings. The zero-order valence-corrected chi connectivity index (χ0v) is 13.9. The highest BCUT2D eigenvalue weighted by molar-refractivity contribution is 9.10. The lowest BCUT2D eigenvalue weighted by Crippen LogP contribution is -2.26. The van der Waals surface area contributed by atoms with Gasteiger partial charge in [0.25, 0.3) is 0 Å². The van der Waals surface area contributed by atoms with Crippen LogP contribution in [0.2, 0.25) is 0 Å². The topological polar surface area (TPSA) is 84.2 Å². The Morgan fingerprint density at radius 3 is 2.76 bits per heavy atom. The number of halogens is 1. The summed E-state index contributed by atoms with van der Waals surface area (Å²) in [6.45, 7) is 0.0544. The second-order valence-corrected chi connectivity index (χ2v) is 7.14. The second-order valence-electron chi connectivity index (χ2n) is 4.55. The summed E-state index contributed by atoms with van der Waals surface area (Å²) >= 11 is 3.22. The minimum Gasteiger partial charge on any atom is -0.392 e. The molecule has 2 rings (SSSR count). The lowest BCUT2D eigenvalue weighted by Gasteiger charge is -2.09. The molecule has 0 saturated carbocycles. The van der Waals surface area contributed by atoms with E-state index in [2.05, 4.69) is 25.8 Å². The monoisotopic (exact) mass is 373 g/mol. The average molecular weight is 374 g/mol. The molecule has 0 amide bonds. The van der Waals surface area contributed by atoms with Crippen molar-refractivity contribution in [3.8, 4) is 0 Å². The molecule has 21 heavy (non-hydrogen) atoms. The first kappa shape index (κ1) is 16.2. The van der Waals surface area contributed by atoms with Gasteiger partial charge >= 0.3 is 0 Å². The summed E-state index contributed by atoms with van der Waals surface area (Å²) in [5, 5.41) is 13.3. The summed E-state index contributed by atoms with van der Waals surface area (Å²) in [6, 6.07) is 6.57. The molecule has 0 aliphatic carbocycles. The van der Waals surface area contributed by atoms with Crippen molar-refractivity contribution < 1.29 is 13.5 Å². The summed E-state index contributed by atoms with van der Waals surface area (Å²) in [7, 11) is -1.82. The maximum atomic E-state index is 12.3. The first-order valence-electron chi connectivity index (χ1n) is 6.30. The molecule has 0 saturated heterocycles. The van der Waals surface area contributed by atoms with E-state index >= 15 is 0 Å². The molecule has 0 unspecified atom stereocenters. The molecule has 0 bridgehead atoms. The molecule has 6 nitrogen and oxygen atoms in total. The van der Waals surface area contributed by atoms with Crippen molar-refractivity contribution in [2.24, 2.45) is 7.05 Å². The van der Waals surface area contributed by atoms with Crippen molar-refractivity contribution >= 4 is 26.0 Å². The Labute approximate surface area is 132 Å². The van der Waals surface area contributed by atoms with Gasteiger partial charge in [-0.15, -0.1) is 0 Å². The number of aliphatic hydroxyl groups is 1. The highest BCUT2D eigenvalue weighted by atomic mass is 79.9. The fourth-order valence-corrected chi connectivity index (χ4v) is 3.88. The van der Waals surface area contributed by atoms with Crippen LogP contribution in [0.5, 0.6) is 0 Å². The number of aliphatic hydroxyl groups excluding tert-OH is 1. The number of hydrogen-bond acceptors (Lipinski definition) is 4. The minimum absolute atomic E-state index is 0.120. The van der Waals surface area contributed by atoms with Crippen LogP contribution in [0.4, 0.5) is 0 Å². The zero-order chi connectivity index (χ0) is 15.5. The number of aromatic nitrogens is 2. The number of nitrogens with zero attached hydrogens (tertiary/aromatic N) is 2. The van der Waals surface area contributed by atoms with E-state index < -0.39 is 10.0 Å². The van der Waals surface area contributed by atoms with Crippen LogP contribution in [0.3, 0.4) is 0 Å². The Morgan fingerprint density at radius 1 is 1.38 bits per heavy atom. The number of nitrogens with one attached hydrogen (secondary N) is 1. The fourth-order valence-electron chi connectivity index (χ4n) is 1.84. The van der Waals surface area contributed by atoms with E-state index in [0.717, 1.165) is 5.69 Å². The molecular formula is C13H16BrN3O3S. The second kappa shape index (κ2) is 6.69. The summed E-state index contributed by atoms with van der Waals surface area (Å²) < 4.78 is 29.2. The van der Waals surface area contributed by atoms with Gasteiger partial charge in [0.1, 0.15) is 0 Å². The standard InChI is InChI=1S/C13H16BrN3O3S/c1-17-7-5-11(16-17)4-6-15-21(19,20)13-8-10(9-18)2-3-12(13)14/h2-3,5,7-8,15,18H,4,6,9H2,1H3. The number of benzene rings is 1. The minimum atomic E-state index is -3.63. The van der Waals surface area contributed by atoms with Crippen LogP contribution in [-0.4, -0.2) is 29.8 Å². The van der Waals surface area contributed by atoms with Crippen LogP contribution in [0.15, 0.2) is 39.8 Å². The van der Waals surface area contributed by atoms with Gasteiger partial charge in [-0.2, -0.15) is 5.10 Å². The van der Waals surface area contributed by atoms with Gasteiger partial charge in [-0.1, -0.05) is 6.07 Å². The molecule has 0 aliphatic rings. The third kappa shape index (κ3) is 4.13. The van der Waals surface area contributed by atoms with Gasteiger partial charge in [-0.25, -0.2) is 13.1 Å². The molecular weight excluding hydrogens is 358 g/mol. The molecule has 1 heterocycles. The van der Waals surface area contributed by atoms with Gasteiger partial charge in [0.15, 0.2) is 0 Å². The van der Waals surface area contributed by atoms with Gasteiger partial charge in [0, 0.05) is 30.7 Å². The Kier molecular flexibility index (Phi) is 5.15. The molecule has 8 heteroatoms. The molecule has 0 aliphatic heterocycles. The summed E-state index contributed by atoms with van der Waals surface area (Å²) in [4.78, 5) is 0.120. The van der Waals surface area contributed by atoms with Crippen molar-refractivity contribution in [1.82, 2.24) is 14.5 Å². The third-order valence-electron chi connectivity index (χ3n) is 2.91. The van der Waals surface area contributed by atoms with Gasteiger partial charge in [0.05, 0.1) is 17.2 Å². The molecule has 1 aromatic heterocycles. The predicted molar refractivity (Wildman–Crippen MR) is 82.2 cm³/mol. The van der Waals surface area contributed by atoms with E-state index in [1.807, 2.05) is 19.3 Å². The predicted octanol–water partition coefficient (Wildman–Crippen LogP) is 1.20. The van der Waals surface area contributed by atoms with Crippen LogP contribution in [0.25, 0.3) is 0 Å². The van der Waals surface area contributed by atoms with Crippen molar-refractivity contribution in [3.05, 3.63) is 46.2 Å². The van der Waals surface area contributed by atoms with Crippen molar-refractivity contribution in [3.63, 3.8) is 0 Å². The van der Waals surface area contributed by atoms with Crippen LogP contribution in [0.1, 0.15) is 11.3 Å². The highest BCUT2D eigenvalue weighted by Gasteiger charge is 2.17. The molecule has 2 N–H and O–H groups in total. The van der Waals surface area contributed by atoms with Crippen LogP contribution < -0.4 is 4.72 Å². The summed E-state index contributed by atoms with van der Waals surface area (Å²) in [5.74, 6) is 0. The Bertz CT molecular complexity index is 728. The number of aryl methyl sites for hydroxylation is 1. The first-order valence-corrected chi connectivity index (χ1v) is 8.57. The number of rotatable bonds is 6. The smallest absolute Gasteiger partial charge is 0.241 e. The molecule has 0 atom stereocenters. The van der Waals surface area contributed by atoms with Crippen molar-refractivity contribution in [1.29, 1.82) is 0 Å². The van der Waals surface area contributed by atoms with Gasteiger partial charge in [0.2, 0.25) is 10.0 Å². The normalized spacial score (nSPS) is 11.8. The van der Waals surface area contributed by atoms with Crippen LogP contribution in [0, 0.1) is 0 Å². The molecule has 0 spiro atoms. The summed E-state index contributed by atoms with van der Waals surface area (Å²) in [5.41, 5.74) is 1.37. The molecule has 0 radical (unpaired) electrons. The van der Waals surface area contributed by atoms with Gasteiger partial charge in [-0.05, 0) is 39.7 Å². The van der Waals surface area contributed by atoms with Crippen molar-refractivity contribution in [2.75, 3.05) is 6.54 Å². The number of hydrogen-bond donors (Lipinski definition) is 2. The van der Waals surface area contributed by atoms with E-state index in [1.165, 1.54) is 6.07 Å². The Morgan fingerprint density at radius 2 is 2.14 bits per heavy atom. The van der Waals surface area contributed by atoms with Crippen molar-refractivity contribution in [2.45, 2.75) is 17.9 Å². The average Bonchev–Trinajstić information content (AvgIpc) is 2.84. The highest BCUT2D eigenvalue weighted by Crippen LogP contribution is 2.23. The number of sulfonamides is 1. The third-order valence-corrected chi connectivity index (χ3v) is 5.36. The van der Waals surface area contributed by atoms with E-state index in [9.17, 15) is 8.42 Å². The maximum absolute atomic E-state index is 12.3. The van der Waals surface area contributed by atoms with Gasteiger partial charge < -0.3 is 5.11 Å². The molecule has 114 valence electrons. The molecule has 1 aromatic carbocycles. The summed E-state index contributed by atoms with van der Waals surface area (Å²) in [6.07, 6.45) is 2.32. The maximum Gasteiger partial charge on any atom is 0.241 e. The Balaban J connectivity index is 2.07. The van der Waals surface area contributed by atoms with E-state index in [1.54, 1.807) is 16.8 Å². The van der Waals surface area contributed by atoms with E-state index in [-0.39, 0.29) is 18.0 Å². The lowest BCUT2D eigenvalue weighted by atomic mass is 10.2. The SMILES string of the molecule is Cn1ccc(CCNS(=O)(=O)c2cc(CO)ccc2Br)n1. The largest absolute Gasteiger partial charge is 0.392 e. The molecule has 2 aromatic rings. The first-order chi connectivity index (χ1) is 9.92. The van der Waals surface area contributed by atoms with Gasteiger partial charge in [-0.3, -0.25) is 4.68 Å².